The van der Waals surface area contributed by atoms with Gasteiger partial charge in [-0.15, -0.1) is 0 Å². The van der Waals surface area contributed by atoms with Gasteiger partial charge in [-0.25, -0.2) is 4.79 Å². The highest BCUT2D eigenvalue weighted by Gasteiger charge is 2.19. The zero-order valence-corrected chi connectivity index (χ0v) is 9.86. The Morgan fingerprint density at radius 2 is 2.12 bits per heavy atom. The molecule has 5 heteroatoms. The van der Waals surface area contributed by atoms with Crippen LogP contribution in [-0.4, -0.2) is 23.0 Å². The van der Waals surface area contributed by atoms with Gasteiger partial charge in [0.1, 0.15) is 6.04 Å². The molecule has 0 spiro atoms. The smallest absolute Gasteiger partial charge is 0.326 e. The van der Waals surface area contributed by atoms with Crippen molar-refractivity contribution in [1.82, 2.24) is 5.32 Å². The lowest BCUT2D eigenvalue weighted by atomic mass is 10.1. The van der Waals surface area contributed by atoms with Crippen LogP contribution in [0.25, 0.3) is 0 Å². The van der Waals surface area contributed by atoms with Crippen molar-refractivity contribution in [3.8, 4) is 0 Å². The fraction of sp³-hybridized carbons (Fsp3) is 0.333. The summed E-state index contributed by atoms with van der Waals surface area (Å²) in [4.78, 5) is 22.7. The number of rotatable bonds is 4. The Morgan fingerprint density at radius 3 is 2.65 bits per heavy atom. The maximum atomic E-state index is 11.9. The molecule has 0 heterocycles. The summed E-state index contributed by atoms with van der Waals surface area (Å²) in [7, 11) is 0. The summed E-state index contributed by atoms with van der Waals surface area (Å²) in [5.74, 6) is -1.45. The van der Waals surface area contributed by atoms with E-state index in [-0.39, 0.29) is 0 Å². The van der Waals surface area contributed by atoms with E-state index in [2.05, 4.69) is 5.32 Å². The molecule has 0 unspecified atom stereocenters. The Balaban J connectivity index is 2.90. The zero-order chi connectivity index (χ0) is 13.0. The second-order valence-corrected chi connectivity index (χ2v) is 3.79. The van der Waals surface area contributed by atoms with Crippen LogP contribution in [0.1, 0.15) is 29.3 Å². The molecule has 0 aliphatic heterocycles. The first kappa shape index (κ1) is 13.0. The number of carbonyl (C=O) groups is 2. The number of nitrogens with one attached hydrogen (secondary N) is 1. The van der Waals surface area contributed by atoms with Gasteiger partial charge >= 0.3 is 5.97 Å². The van der Waals surface area contributed by atoms with Gasteiger partial charge < -0.3 is 16.2 Å². The summed E-state index contributed by atoms with van der Waals surface area (Å²) in [5.41, 5.74) is 7.26. The highest BCUT2D eigenvalue weighted by atomic mass is 16.4. The van der Waals surface area contributed by atoms with Crippen molar-refractivity contribution in [1.29, 1.82) is 0 Å². The second kappa shape index (κ2) is 5.34. The number of carbonyl (C=O) groups excluding carboxylic acids is 1. The van der Waals surface area contributed by atoms with Gasteiger partial charge in [0.25, 0.3) is 5.91 Å². The molecule has 0 saturated carbocycles. The van der Waals surface area contributed by atoms with Crippen molar-refractivity contribution >= 4 is 17.6 Å². The van der Waals surface area contributed by atoms with E-state index in [9.17, 15) is 9.59 Å². The number of anilines is 1. The summed E-state index contributed by atoms with van der Waals surface area (Å²) in [5, 5.41) is 11.3. The Kier molecular flexibility index (Phi) is 4.09. The van der Waals surface area contributed by atoms with Crippen molar-refractivity contribution < 1.29 is 14.7 Å². The number of benzene rings is 1. The van der Waals surface area contributed by atoms with Crippen LogP contribution in [-0.2, 0) is 4.79 Å². The molecular weight excluding hydrogens is 220 g/mol. The highest BCUT2D eigenvalue weighted by Crippen LogP contribution is 2.15. The topological polar surface area (TPSA) is 92.4 Å². The van der Waals surface area contributed by atoms with E-state index in [4.69, 9.17) is 10.8 Å². The molecule has 0 aliphatic carbocycles. The second-order valence-electron chi connectivity index (χ2n) is 3.79. The minimum atomic E-state index is -1.04. The predicted octanol–water partition coefficient (Wildman–Crippen LogP) is 1.17. The summed E-state index contributed by atoms with van der Waals surface area (Å²) in [6.45, 7) is 3.43. The number of aliphatic carboxylic acids is 1. The van der Waals surface area contributed by atoms with Crippen molar-refractivity contribution in [2.24, 2.45) is 0 Å². The van der Waals surface area contributed by atoms with E-state index < -0.39 is 17.9 Å². The van der Waals surface area contributed by atoms with Gasteiger partial charge in [-0.2, -0.15) is 0 Å². The molecule has 1 rings (SSSR count). The third kappa shape index (κ3) is 2.96. The molecule has 5 nitrogen and oxygen atoms in total. The van der Waals surface area contributed by atoms with E-state index in [1.165, 1.54) is 0 Å². The van der Waals surface area contributed by atoms with Crippen LogP contribution in [0.3, 0.4) is 0 Å². The molecular formula is C12H16N2O3. The molecule has 1 aromatic carbocycles. The largest absolute Gasteiger partial charge is 0.480 e. The number of nitrogens with two attached hydrogens (primary N) is 1. The molecule has 0 bridgehead atoms. The number of carboxylic acids is 1. The normalized spacial score (nSPS) is 11.9. The summed E-state index contributed by atoms with van der Waals surface area (Å²) >= 11 is 0. The van der Waals surface area contributed by atoms with E-state index in [1.54, 1.807) is 32.0 Å². The van der Waals surface area contributed by atoms with E-state index in [0.717, 1.165) is 0 Å². The average Bonchev–Trinajstić information content (AvgIpc) is 2.28. The van der Waals surface area contributed by atoms with Gasteiger partial charge in [-0.05, 0) is 31.0 Å². The fourth-order valence-electron chi connectivity index (χ4n) is 1.47. The molecule has 1 amide bonds. The first-order chi connectivity index (χ1) is 7.97. The molecule has 17 heavy (non-hydrogen) atoms. The standard InChI is InChI=1S/C12H16N2O3/c1-3-10(12(16)17)14-11(15)8-5-4-6-9(13)7(8)2/h4-6,10H,3,13H2,1-2H3,(H,14,15)(H,16,17)/t10-/m1/s1. The zero-order valence-electron chi connectivity index (χ0n) is 9.86. The van der Waals surface area contributed by atoms with Gasteiger partial charge in [0.05, 0.1) is 0 Å². The SMILES string of the molecule is CC[C@@H](NC(=O)c1cccc(N)c1C)C(=O)O. The maximum absolute atomic E-state index is 11.9. The Hall–Kier alpha value is -2.04. The Labute approximate surface area is 99.6 Å². The first-order valence-electron chi connectivity index (χ1n) is 5.36. The van der Waals surface area contributed by atoms with Crippen LogP contribution in [0.15, 0.2) is 18.2 Å². The molecule has 0 aliphatic rings. The van der Waals surface area contributed by atoms with E-state index >= 15 is 0 Å². The van der Waals surface area contributed by atoms with Gasteiger partial charge in [0.2, 0.25) is 0 Å². The van der Waals surface area contributed by atoms with Gasteiger partial charge in [-0.3, -0.25) is 4.79 Å². The first-order valence-corrected chi connectivity index (χ1v) is 5.36. The summed E-state index contributed by atoms with van der Waals surface area (Å²) < 4.78 is 0. The van der Waals surface area contributed by atoms with Crippen LogP contribution in [0.4, 0.5) is 5.69 Å². The van der Waals surface area contributed by atoms with E-state index in [1.807, 2.05) is 0 Å². The lowest BCUT2D eigenvalue weighted by Gasteiger charge is -2.14. The Bertz CT molecular complexity index is 443. The third-order valence-electron chi connectivity index (χ3n) is 2.63. The van der Waals surface area contributed by atoms with Crippen molar-refractivity contribution in [3.05, 3.63) is 29.3 Å². The average molecular weight is 236 g/mol. The molecule has 0 radical (unpaired) electrons. The van der Waals surface area contributed by atoms with Crippen molar-refractivity contribution in [2.45, 2.75) is 26.3 Å². The number of hydrogen-bond donors (Lipinski definition) is 3. The molecule has 0 aromatic heterocycles. The molecule has 1 atom stereocenters. The van der Waals surface area contributed by atoms with Crippen LogP contribution >= 0.6 is 0 Å². The van der Waals surface area contributed by atoms with Crippen LogP contribution in [0.2, 0.25) is 0 Å². The number of carboxylic acid groups (broad SMARTS) is 1. The molecule has 92 valence electrons. The minimum Gasteiger partial charge on any atom is -0.480 e. The van der Waals surface area contributed by atoms with Crippen molar-refractivity contribution in [3.63, 3.8) is 0 Å². The monoisotopic (exact) mass is 236 g/mol. The Morgan fingerprint density at radius 1 is 1.47 bits per heavy atom. The lowest BCUT2D eigenvalue weighted by molar-refractivity contribution is -0.139. The molecule has 1 aromatic rings. The van der Waals surface area contributed by atoms with Crippen molar-refractivity contribution in [2.75, 3.05) is 5.73 Å². The highest BCUT2D eigenvalue weighted by molar-refractivity contribution is 5.98. The van der Waals surface area contributed by atoms with Gasteiger partial charge in [0.15, 0.2) is 0 Å². The number of amides is 1. The minimum absolute atomic E-state index is 0.336. The van der Waals surface area contributed by atoms with Gasteiger partial charge in [-0.1, -0.05) is 13.0 Å². The maximum Gasteiger partial charge on any atom is 0.326 e. The third-order valence-corrected chi connectivity index (χ3v) is 2.63. The van der Waals surface area contributed by atoms with Gasteiger partial charge in [0, 0.05) is 11.3 Å². The quantitative estimate of drug-likeness (QED) is 0.684. The molecule has 0 saturated heterocycles. The fourth-order valence-corrected chi connectivity index (χ4v) is 1.47. The van der Waals surface area contributed by atoms with Crippen LogP contribution < -0.4 is 11.1 Å². The number of nitrogen functional groups attached to an aromatic ring is 1. The van der Waals surface area contributed by atoms with Crippen LogP contribution in [0.5, 0.6) is 0 Å². The summed E-state index contributed by atoms with van der Waals surface area (Å²) in [6.07, 6.45) is 0.336. The molecule has 4 N–H and O–H groups in total. The summed E-state index contributed by atoms with van der Waals surface area (Å²) in [6, 6.07) is 4.11. The van der Waals surface area contributed by atoms with E-state index in [0.29, 0.717) is 23.2 Å². The number of hydrogen-bond acceptors (Lipinski definition) is 3. The lowest BCUT2D eigenvalue weighted by Crippen LogP contribution is -2.40. The van der Waals surface area contributed by atoms with Crippen LogP contribution in [0, 0.1) is 6.92 Å². The molecule has 0 fully saturated rings. The predicted molar refractivity (Wildman–Crippen MR) is 64.8 cm³/mol.